The van der Waals surface area contributed by atoms with Gasteiger partial charge >= 0.3 is 0 Å². The van der Waals surface area contributed by atoms with Gasteiger partial charge in [0.15, 0.2) is 5.65 Å². The number of likely N-dealkylation sites (tertiary alicyclic amines) is 1. The highest BCUT2D eigenvalue weighted by Gasteiger charge is 2.29. The highest BCUT2D eigenvalue weighted by atomic mass is 35.5. The van der Waals surface area contributed by atoms with E-state index >= 15 is 0 Å². The van der Waals surface area contributed by atoms with E-state index in [9.17, 15) is 4.79 Å². The van der Waals surface area contributed by atoms with Gasteiger partial charge in [-0.1, -0.05) is 29.3 Å². The fourth-order valence-corrected chi connectivity index (χ4v) is 3.97. The molecule has 2 aromatic heterocycles. The predicted octanol–water partition coefficient (Wildman–Crippen LogP) is 4.24. The van der Waals surface area contributed by atoms with E-state index in [4.69, 9.17) is 23.2 Å². The van der Waals surface area contributed by atoms with Crippen molar-refractivity contribution in [2.45, 2.75) is 31.7 Å². The van der Waals surface area contributed by atoms with Crippen LogP contribution in [0, 0.1) is 0 Å². The van der Waals surface area contributed by atoms with Crippen LogP contribution >= 0.6 is 23.2 Å². The maximum atomic E-state index is 12.6. The number of benzene rings is 1. The number of hydrogen-bond donors (Lipinski definition) is 1. The molecule has 1 amide bonds. The normalized spacial score (nSPS) is 17.0. The molecule has 0 spiro atoms. The van der Waals surface area contributed by atoms with E-state index in [0.29, 0.717) is 21.7 Å². The van der Waals surface area contributed by atoms with Crippen molar-refractivity contribution in [1.82, 2.24) is 19.5 Å². The zero-order chi connectivity index (χ0) is 19.7. The van der Waals surface area contributed by atoms with Gasteiger partial charge in [-0.2, -0.15) is 0 Å². The minimum atomic E-state index is -0.231. The Kier molecular flexibility index (Phi) is 5.53. The molecule has 1 aromatic carbocycles. The third-order valence-corrected chi connectivity index (χ3v) is 6.09. The molecule has 4 rings (SSSR count). The first-order valence-corrected chi connectivity index (χ1v) is 10.1. The van der Waals surface area contributed by atoms with E-state index in [0.717, 1.165) is 37.4 Å². The Morgan fingerprint density at radius 2 is 1.93 bits per heavy atom. The van der Waals surface area contributed by atoms with Crippen LogP contribution in [0.1, 0.15) is 31.5 Å². The second kappa shape index (κ2) is 8.07. The number of rotatable bonds is 4. The molecule has 6 nitrogen and oxygen atoms in total. The summed E-state index contributed by atoms with van der Waals surface area (Å²) >= 11 is 12.0. The number of amides is 1. The number of hydrogen-bond acceptors (Lipinski definition) is 4. The molecule has 0 saturated carbocycles. The molecule has 28 heavy (non-hydrogen) atoms. The highest BCUT2D eigenvalue weighted by Crippen LogP contribution is 2.29. The van der Waals surface area contributed by atoms with Crippen molar-refractivity contribution in [2.75, 3.05) is 18.4 Å². The summed E-state index contributed by atoms with van der Waals surface area (Å²) in [5.41, 5.74) is 1.52. The van der Waals surface area contributed by atoms with Crippen molar-refractivity contribution in [3.05, 3.63) is 58.5 Å². The minimum absolute atomic E-state index is 0.0511. The number of carbonyl (C=O) groups excluding carboxylic acids is 1. The maximum Gasteiger partial charge on any atom is 0.241 e. The summed E-state index contributed by atoms with van der Waals surface area (Å²) in [5, 5.41) is 12.5. The molecule has 8 heteroatoms. The van der Waals surface area contributed by atoms with E-state index in [1.807, 2.05) is 31.3 Å². The number of pyridine rings is 1. The Labute approximate surface area is 173 Å². The van der Waals surface area contributed by atoms with Gasteiger partial charge in [0.05, 0.1) is 16.1 Å². The lowest BCUT2D eigenvalue weighted by Gasteiger charge is -2.34. The van der Waals surface area contributed by atoms with Crippen LogP contribution in [0.2, 0.25) is 10.0 Å². The third kappa shape index (κ3) is 3.85. The van der Waals surface area contributed by atoms with E-state index in [-0.39, 0.29) is 11.9 Å². The molecular formula is C20H21Cl2N5O. The summed E-state index contributed by atoms with van der Waals surface area (Å²) in [4.78, 5) is 14.8. The van der Waals surface area contributed by atoms with Crippen LogP contribution in [0.15, 0.2) is 42.6 Å². The Morgan fingerprint density at radius 3 is 2.68 bits per heavy atom. The second-order valence-corrected chi connectivity index (χ2v) is 7.91. The molecule has 1 N–H and O–H groups in total. The molecule has 1 unspecified atom stereocenters. The minimum Gasteiger partial charge on any atom is -0.325 e. The summed E-state index contributed by atoms with van der Waals surface area (Å²) in [6.07, 6.45) is 3.89. The lowest BCUT2D eigenvalue weighted by Crippen LogP contribution is -2.45. The maximum absolute atomic E-state index is 12.6. The zero-order valence-electron chi connectivity index (χ0n) is 15.5. The number of carbonyl (C=O) groups is 1. The van der Waals surface area contributed by atoms with Crippen LogP contribution in [-0.2, 0) is 4.79 Å². The quantitative estimate of drug-likeness (QED) is 0.689. The number of piperidine rings is 1. The van der Waals surface area contributed by atoms with Gasteiger partial charge in [0.25, 0.3) is 0 Å². The number of nitrogens with zero attached hydrogens (tertiary/aromatic N) is 4. The molecule has 1 saturated heterocycles. The number of aromatic nitrogens is 3. The average molecular weight is 418 g/mol. The summed E-state index contributed by atoms with van der Waals surface area (Å²) < 4.78 is 2.06. The third-order valence-electron chi connectivity index (χ3n) is 5.35. The predicted molar refractivity (Wildman–Crippen MR) is 111 cm³/mol. The van der Waals surface area contributed by atoms with E-state index in [1.165, 1.54) is 0 Å². The molecule has 1 fully saturated rings. The summed E-state index contributed by atoms with van der Waals surface area (Å²) in [7, 11) is 0. The first kappa shape index (κ1) is 19.2. The fourth-order valence-electron chi connectivity index (χ4n) is 3.67. The Bertz CT molecular complexity index is 997. The molecule has 3 aromatic rings. The largest absolute Gasteiger partial charge is 0.325 e. The SMILES string of the molecule is CC(C(=O)Nc1ccc(Cl)c(Cl)c1)N1CCC(c2nnc3ccccn23)CC1. The van der Waals surface area contributed by atoms with Gasteiger partial charge < -0.3 is 5.32 Å². The first-order valence-electron chi connectivity index (χ1n) is 9.32. The molecule has 0 aliphatic carbocycles. The zero-order valence-corrected chi connectivity index (χ0v) is 17.0. The molecule has 1 aliphatic rings. The first-order chi connectivity index (χ1) is 13.5. The van der Waals surface area contributed by atoms with Crippen LogP contribution < -0.4 is 5.32 Å². The molecular weight excluding hydrogens is 397 g/mol. The highest BCUT2D eigenvalue weighted by molar-refractivity contribution is 6.42. The number of halogens is 2. The van der Waals surface area contributed by atoms with Crippen LogP contribution in [0.25, 0.3) is 5.65 Å². The van der Waals surface area contributed by atoms with Gasteiger partial charge in [-0.25, -0.2) is 0 Å². The number of fused-ring (bicyclic) bond motifs is 1. The van der Waals surface area contributed by atoms with Gasteiger partial charge in [0.1, 0.15) is 5.82 Å². The van der Waals surface area contributed by atoms with Crippen LogP contribution in [0.5, 0.6) is 0 Å². The average Bonchev–Trinajstić information content (AvgIpc) is 3.14. The Balaban J connectivity index is 1.37. The molecule has 3 heterocycles. The summed E-state index contributed by atoms with van der Waals surface area (Å²) in [6, 6.07) is 10.8. The van der Waals surface area contributed by atoms with Crippen molar-refractivity contribution >= 4 is 40.4 Å². The van der Waals surface area contributed by atoms with Gasteiger partial charge in [-0.15, -0.1) is 10.2 Å². The molecule has 1 aliphatic heterocycles. The van der Waals surface area contributed by atoms with Gasteiger partial charge in [-0.3, -0.25) is 14.1 Å². The summed E-state index contributed by atoms with van der Waals surface area (Å²) in [5.74, 6) is 1.30. The van der Waals surface area contributed by atoms with Crippen LogP contribution in [0.3, 0.4) is 0 Å². The molecule has 1 atom stereocenters. The van der Waals surface area contributed by atoms with Gasteiger partial charge in [0.2, 0.25) is 5.91 Å². The Morgan fingerprint density at radius 1 is 1.14 bits per heavy atom. The van der Waals surface area contributed by atoms with Crippen molar-refractivity contribution in [3.8, 4) is 0 Å². The molecule has 0 radical (unpaired) electrons. The topological polar surface area (TPSA) is 62.5 Å². The number of anilines is 1. The standard InChI is InChI=1S/C20H21Cl2N5O/c1-13(20(28)23-15-5-6-16(21)17(22)12-15)26-10-7-14(8-11-26)19-25-24-18-4-2-3-9-27(18)19/h2-6,9,12-14H,7-8,10-11H2,1H3,(H,23,28). The lowest BCUT2D eigenvalue weighted by molar-refractivity contribution is -0.121. The van der Waals surface area contributed by atoms with Gasteiger partial charge in [-0.05, 0) is 63.2 Å². The van der Waals surface area contributed by atoms with E-state index in [1.54, 1.807) is 18.2 Å². The number of nitrogens with one attached hydrogen (secondary N) is 1. The lowest BCUT2D eigenvalue weighted by atomic mass is 9.95. The van der Waals surface area contributed by atoms with Crippen molar-refractivity contribution < 1.29 is 4.79 Å². The van der Waals surface area contributed by atoms with Crippen molar-refractivity contribution in [1.29, 1.82) is 0 Å². The van der Waals surface area contributed by atoms with Crippen LogP contribution in [0.4, 0.5) is 5.69 Å². The molecule has 146 valence electrons. The van der Waals surface area contributed by atoms with Gasteiger partial charge in [0, 0.05) is 17.8 Å². The van der Waals surface area contributed by atoms with E-state index < -0.39 is 0 Å². The van der Waals surface area contributed by atoms with E-state index in [2.05, 4.69) is 24.8 Å². The Hall–Kier alpha value is -2.15. The molecule has 0 bridgehead atoms. The fraction of sp³-hybridized carbons (Fsp3) is 0.350. The van der Waals surface area contributed by atoms with Crippen molar-refractivity contribution in [3.63, 3.8) is 0 Å². The smallest absolute Gasteiger partial charge is 0.241 e. The monoisotopic (exact) mass is 417 g/mol. The van der Waals surface area contributed by atoms with Crippen molar-refractivity contribution in [2.24, 2.45) is 0 Å². The van der Waals surface area contributed by atoms with Crippen LogP contribution in [-0.4, -0.2) is 44.5 Å². The second-order valence-electron chi connectivity index (χ2n) is 7.09. The summed E-state index contributed by atoms with van der Waals surface area (Å²) in [6.45, 7) is 3.60.